The zero-order valence-electron chi connectivity index (χ0n) is 30.7. The maximum absolute atomic E-state index is 4.40. The number of aromatic nitrogens is 7. The van der Waals surface area contributed by atoms with Crippen LogP contribution in [0.2, 0.25) is 0 Å². The molecule has 0 spiro atoms. The maximum Gasteiger partial charge on any atom is 0.0717 e. The monoisotopic (exact) mass is 684 g/mol. The van der Waals surface area contributed by atoms with Crippen molar-refractivity contribution in [2.24, 2.45) is 7.05 Å². The first-order chi connectivity index (χ1) is 25.0. The average molecular weight is 685 g/mol. The third-order valence-electron chi connectivity index (χ3n) is 10.4. The van der Waals surface area contributed by atoms with E-state index in [-0.39, 0.29) is 0 Å². The van der Waals surface area contributed by atoms with Crippen molar-refractivity contribution in [3.8, 4) is 33.5 Å². The maximum atomic E-state index is 4.40. The average Bonchev–Trinajstić information content (AvgIpc) is 4.00. The molecule has 0 amide bonds. The molecule has 0 radical (unpaired) electrons. The summed E-state index contributed by atoms with van der Waals surface area (Å²) >= 11 is 0. The lowest BCUT2D eigenvalue weighted by molar-refractivity contribution is 0.232. The Kier molecular flexibility index (Phi) is 10.9. The van der Waals surface area contributed by atoms with Gasteiger partial charge in [-0.15, -0.1) is 0 Å². The Morgan fingerprint density at radius 3 is 1.51 bits per heavy atom. The van der Waals surface area contributed by atoms with E-state index in [4.69, 9.17) is 0 Å². The quantitative estimate of drug-likeness (QED) is 0.200. The third kappa shape index (κ3) is 8.25. The van der Waals surface area contributed by atoms with Crippen molar-refractivity contribution >= 4 is 0 Å². The Morgan fingerprint density at radius 1 is 0.529 bits per heavy atom. The molecule has 6 aromatic heterocycles. The van der Waals surface area contributed by atoms with Crippen LogP contribution >= 0.6 is 0 Å². The van der Waals surface area contributed by atoms with Crippen molar-refractivity contribution in [1.29, 1.82) is 0 Å². The van der Waals surface area contributed by atoms with Crippen LogP contribution in [0, 0.1) is 0 Å². The number of rotatable bonds is 6. The topological polar surface area (TPSA) is 68.1 Å². The fourth-order valence-electron chi connectivity index (χ4n) is 7.27. The minimum Gasteiger partial charge on any atom is -0.348 e. The summed E-state index contributed by atoms with van der Waals surface area (Å²) in [5.41, 5.74) is 11.6. The number of likely N-dealkylation sites (N-methyl/N-ethyl adjacent to an activating group) is 3. The van der Waals surface area contributed by atoms with Crippen molar-refractivity contribution in [2.75, 3.05) is 39.3 Å². The molecule has 3 aliphatic rings. The minimum atomic E-state index is 1.06. The molecule has 3 aliphatic heterocycles. The van der Waals surface area contributed by atoms with E-state index >= 15 is 0 Å². The highest BCUT2D eigenvalue weighted by Gasteiger charge is 2.18. The second kappa shape index (κ2) is 16.1. The highest BCUT2D eigenvalue weighted by molar-refractivity contribution is 5.63. The van der Waals surface area contributed by atoms with Gasteiger partial charge in [0.2, 0.25) is 0 Å². The number of aryl methyl sites for hydroxylation is 1. The van der Waals surface area contributed by atoms with E-state index in [1.54, 1.807) is 0 Å². The van der Waals surface area contributed by atoms with Gasteiger partial charge in [-0.05, 0) is 73.2 Å². The van der Waals surface area contributed by atoms with E-state index in [9.17, 15) is 0 Å². The van der Waals surface area contributed by atoms with Crippen LogP contribution in [-0.4, -0.2) is 87.4 Å². The van der Waals surface area contributed by atoms with Gasteiger partial charge in [0.05, 0.1) is 11.9 Å². The number of fused-ring (bicyclic) bond motifs is 3. The normalized spacial score (nSPS) is 15.9. The molecule has 0 saturated heterocycles. The molecule has 51 heavy (non-hydrogen) atoms. The molecule has 0 fully saturated rings. The van der Waals surface area contributed by atoms with E-state index in [1.807, 2.05) is 48.6 Å². The van der Waals surface area contributed by atoms with Crippen molar-refractivity contribution in [1.82, 2.24) is 48.1 Å². The van der Waals surface area contributed by atoms with Gasteiger partial charge in [0.15, 0.2) is 0 Å². The third-order valence-corrected chi connectivity index (χ3v) is 10.4. The van der Waals surface area contributed by atoms with Crippen LogP contribution in [0.3, 0.4) is 0 Å². The summed E-state index contributed by atoms with van der Waals surface area (Å²) in [6, 6.07) is 17.1. The van der Waals surface area contributed by atoms with Crippen LogP contribution in [0.15, 0.2) is 98.1 Å². The molecule has 9 rings (SSSR count). The summed E-state index contributed by atoms with van der Waals surface area (Å²) in [5, 5.41) is 4.23. The van der Waals surface area contributed by atoms with Crippen molar-refractivity contribution in [2.45, 2.75) is 60.0 Å². The lowest BCUT2D eigenvalue weighted by atomic mass is 10.1. The summed E-state index contributed by atoms with van der Waals surface area (Å²) in [6.45, 7) is 20.0. The molecule has 0 bridgehead atoms. The van der Waals surface area contributed by atoms with Crippen LogP contribution in [0.1, 0.15) is 37.9 Å². The SMILES string of the molecule is CCN1CCn2cc(-c3ccccn3)cc2C1.CCN1CCn2cc(-c3ccncc3)cc2C1.CCN1CCn2cc(-c3cnn(C)c3)cc2C1. The van der Waals surface area contributed by atoms with Crippen molar-refractivity contribution in [3.63, 3.8) is 0 Å². The van der Waals surface area contributed by atoms with Crippen LogP contribution in [0.4, 0.5) is 0 Å². The van der Waals surface area contributed by atoms with Gasteiger partial charge in [0.1, 0.15) is 0 Å². The van der Waals surface area contributed by atoms with Gasteiger partial charge in [0.25, 0.3) is 0 Å². The summed E-state index contributed by atoms with van der Waals surface area (Å²) in [4.78, 5) is 15.9. The summed E-state index contributed by atoms with van der Waals surface area (Å²) < 4.78 is 8.96. The molecular weight excluding hydrogens is 633 g/mol. The predicted octanol–water partition coefficient (Wildman–Crippen LogP) is 6.50. The van der Waals surface area contributed by atoms with Crippen molar-refractivity contribution in [3.05, 3.63) is 115 Å². The second-order valence-electron chi connectivity index (χ2n) is 13.7. The van der Waals surface area contributed by atoms with Crippen LogP contribution < -0.4 is 0 Å². The van der Waals surface area contributed by atoms with Gasteiger partial charge in [-0.2, -0.15) is 5.10 Å². The Morgan fingerprint density at radius 2 is 1.04 bits per heavy atom. The van der Waals surface area contributed by atoms with Gasteiger partial charge in [-0.3, -0.25) is 29.3 Å². The molecule has 0 aliphatic carbocycles. The standard InChI is InChI=1S/2C14H17N3.C13H18N4/c1-2-16-7-8-17-10-13(9-14(17)11-16)12-3-5-15-6-4-12;1-2-16-7-8-17-10-12(9-13(17)11-16)14-5-3-4-6-15-14;1-3-16-4-5-17-9-11(6-13(17)10-16)12-7-14-15(2)8-12/h2*3-6,9-10H,2,7-8,11H2,1H3;6-9H,3-5,10H2,1-2H3. The first kappa shape index (κ1) is 34.7. The molecule has 0 saturated carbocycles. The molecule has 6 aromatic rings. The first-order valence-corrected chi connectivity index (χ1v) is 18.5. The Balaban J connectivity index is 0.000000119. The summed E-state index contributed by atoms with van der Waals surface area (Å²) in [5.74, 6) is 0. The van der Waals surface area contributed by atoms with Crippen molar-refractivity contribution < 1.29 is 0 Å². The van der Waals surface area contributed by atoms with Gasteiger partial charge < -0.3 is 13.7 Å². The fraction of sp³-hybridized carbons (Fsp3) is 0.390. The zero-order chi connectivity index (χ0) is 35.2. The van der Waals surface area contributed by atoms with E-state index in [2.05, 4.69) is 125 Å². The minimum absolute atomic E-state index is 1.06. The predicted molar refractivity (Wildman–Crippen MR) is 205 cm³/mol. The Labute approximate surface area is 302 Å². The van der Waals surface area contributed by atoms with E-state index in [1.165, 1.54) is 44.9 Å². The molecule has 9 heterocycles. The molecular formula is C41H52N10. The van der Waals surface area contributed by atoms with Crippen LogP contribution in [-0.2, 0) is 46.3 Å². The molecule has 10 nitrogen and oxygen atoms in total. The number of hydrogen-bond donors (Lipinski definition) is 0. The molecule has 0 unspecified atom stereocenters. The first-order valence-electron chi connectivity index (χ1n) is 18.5. The van der Waals surface area contributed by atoms with E-state index in [0.29, 0.717) is 0 Å². The van der Waals surface area contributed by atoms with Gasteiger partial charge >= 0.3 is 0 Å². The molecule has 266 valence electrons. The van der Waals surface area contributed by atoms with Gasteiger partial charge in [-0.1, -0.05) is 26.8 Å². The zero-order valence-corrected chi connectivity index (χ0v) is 30.7. The van der Waals surface area contributed by atoms with Gasteiger partial charge in [0, 0.05) is 143 Å². The largest absolute Gasteiger partial charge is 0.348 e. The number of pyridine rings is 2. The van der Waals surface area contributed by atoms with Crippen LogP contribution in [0.25, 0.3) is 33.5 Å². The number of nitrogens with zero attached hydrogens (tertiary/aromatic N) is 10. The lowest BCUT2D eigenvalue weighted by Gasteiger charge is -2.26. The highest BCUT2D eigenvalue weighted by atomic mass is 15.2. The van der Waals surface area contributed by atoms with E-state index < -0.39 is 0 Å². The van der Waals surface area contributed by atoms with Crippen LogP contribution in [0.5, 0.6) is 0 Å². The lowest BCUT2D eigenvalue weighted by Crippen LogP contribution is -2.32. The summed E-state index contributed by atoms with van der Waals surface area (Å²) in [7, 11) is 1.96. The summed E-state index contributed by atoms with van der Waals surface area (Å²) in [6.07, 6.45) is 16.3. The second-order valence-corrected chi connectivity index (χ2v) is 13.7. The smallest absolute Gasteiger partial charge is 0.0717 e. The molecule has 0 N–H and O–H groups in total. The Bertz CT molecular complexity index is 1890. The molecule has 10 heteroatoms. The highest BCUT2D eigenvalue weighted by Crippen LogP contribution is 2.26. The Hall–Kier alpha value is -4.77. The fourth-order valence-corrected chi connectivity index (χ4v) is 7.27. The number of hydrogen-bond acceptors (Lipinski definition) is 6. The molecule has 0 aromatic carbocycles. The van der Waals surface area contributed by atoms with E-state index in [0.717, 1.165) is 84.2 Å². The molecule has 0 atom stereocenters. The van der Waals surface area contributed by atoms with Gasteiger partial charge in [-0.25, -0.2) is 0 Å².